The van der Waals surface area contributed by atoms with Gasteiger partial charge in [-0.3, -0.25) is 9.10 Å². The van der Waals surface area contributed by atoms with Crippen LogP contribution in [0.1, 0.15) is 17.0 Å². The van der Waals surface area contributed by atoms with E-state index in [0.29, 0.717) is 10.0 Å². The van der Waals surface area contributed by atoms with Gasteiger partial charge in [-0.2, -0.15) is 5.10 Å². The topological polar surface area (TPSA) is 83.8 Å². The van der Waals surface area contributed by atoms with E-state index in [-0.39, 0.29) is 15.7 Å². The Balaban J connectivity index is 1.79. The number of anilines is 1. The fraction of sp³-hybridized carbons (Fsp3) is 0.182. The lowest BCUT2D eigenvalue weighted by Crippen LogP contribution is -2.39. The lowest BCUT2D eigenvalue weighted by Gasteiger charge is -2.22. The first kappa shape index (κ1) is 26.4. The summed E-state index contributed by atoms with van der Waals surface area (Å²) in [7, 11) is -3.82. The molecule has 1 aromatic heterocycles. The summed E-state index contributed by atoms with van der Waals surface area (Å²) in [5.74, 6) is -0.660. The molecule has 0 saturated carbocycles. The van der Waals surface area contributed by atoms with Crippen LogP contribution in [0.2, 0.25) is 20.1 Å². The zero-order valence-electron chi connectivity index (χ0n) is 18.3. The largest absolute Gasteiger partial charge is 0.316 e. The molecule has 12 heteroatoms. The number of amides is 1. The standard InChI is InChI=1S/C22H20Cl4N4O3S/c1-13-8-15(14(2)30(13)20-7-5-16(23)9-19(20)26)11-27-28-22(31)12-29(34(3,32)33)21-10-17(24)4-6-18(21)25/h4-11H,12H2,1-3H3,(H,28,31)/b27-11-. The molecule has 34 heavy (non-hydrogen) atoms. The van der Waals surface area contributed by atoms with Crippen LogP contribution in [0.25, 0.3) is 5.69 Å². The summed E-state index contributed by atoms with van der Waals surface area (Å²) in [6.45, 7) is 3.26. The highest BCUT2D eigenvalue weighted by atomic mass is 35.5. The summed E-state index contributed by atoms with van der Waals surface area (Å²) in [5, 5.41) is 5.42. The zero-order valence-corrected chi connectivity index (χ0v) is 22.2. The van der Waals surface area contributed by atoms with Crippen molar-refractivity contribution in [2.24, 2.45) is 5.10 Å². The molecule has 0 aliphatic heterocycles. The number of carbonyl (C=O) groups is 1. The van der Waals surface area contributed by atoms with E-state index in [9.17, 15) is 13.2 Å². The van der Waals surface area contributed by atoms with Gasteiger partial charge in [-0.15, -0.1) is 0 Å². The van der Waals surface area contributed by atoms with Crippen molar-refractivity contribution in [1.29, 1.82) is 0 Å². The average Bonchev–Trinajstić information content (AvgIpc) is 3.01. The third-order valence-electron chi connectivity index (χ3n) is 4.88. The van der Waals surface area contributed by atoms with Crippen LogP contribution in [0.15, 0.2) is 47.6 Å². The highest BCUT2D eigenvalue weighted by Gasteiger charge is 2.23. The number of rotatable bonds is 7. The molecule has 1 N–H and O–H groups in total. The number of aromatic nitrogens is 1. The number of benzene rings is 2. The second-order valence-electron chi connectivity index (χ2n) is 7.42. The molecule has 0 spiro atoms. The van der Waals surface area contributed by atoms with Crippen molar-refractivity contribution in [1.82, 2.24) is 9.99 Å². The van der Waals surface area contributed by atoms with Crippen molar-refractivity contribution in [2.45, 2.75) is 13.8 Å². The monoisotopic (exact) mass is 560 g/mol. The molecular weight excluding hydrogens is 542 g/mol. The van der Waals surface area contributed by atoms with Crippen molar-refractivity contribution >= 4 is 74.2 Å². The molecule has 7 nitrogen and oxygen atoms in total. The van der Waals surface area contributed by atoms with Crippen LogP contribution in [-0.2, 0) is 14.8 Å². The second kappa shape index (κ2) is 10.6. The van der Waals surface area contributed by atoms with E-state index in [1.807, 2.05) is 30.5 Å². The molecule has 0 aliphatic rings. The lowest BCUT2D eigenvalue weighted by molar-refractivity contribution is -0.119. The molecule has 2 aromatic carbocycles. The number of hydrazone groups is 1. The van der Waals surface area contributed by atoms with Crippen LogP contribution >= 0.6 is 46.4 Å². The maximum absolute atomic E-state index is 12.5. The van der Waals surface area contributed by atoms with Crippen molar-refractivity contribution < 1.29 is 13.2 Å². The van der Waals surface area contributed by atoms with Crippen LogP contribution < -0.4 is 9.73 Å². The predicted octanol–water partition coefficient (Wildman–Crippen LogP) is 5.62. The third kappa shape index (κ3) is 6.06. The number of halogens is 4. The Bertz CT molecular complexity index is 1390. The lowest BCUT2D eigenvalue weighted by atomic mass is 10.2. The first-order chi connectivity index (χ1) is 15.9. The van der Waals surface area contributed by atoms with E-state index in [1.165, 1.54) is 24.4 Å². The van der Waals surface area contributed by atoms with E-state index in [2.05, 4.69) is 10.5 Å². The highest BCUT2D eigenvalue weighted by Crippen LogP contribution is 2.31. The van der Waals surface area contributed by atoms with Crippen LogP contribution in [0.3, 0.4) is 0 Å². The molecule has 3 aromatic rings. The molecule has 0 aliphatic carbocycles. The van der Waals surface area contributed by atoms with Gasteiger partial charge in [-0.1, -0.05) is 46.4 Å². The molecule has 1 heterocycles. The Hall–Kier alpha value is -2.23. The van der Waals surface area contributed by atoms with Crippen molar-refractivity contribution in [3.63, 3.8) is 0 Å². The van der Waals surface area contributed by atoms with Gasteiger partial charge in [-0.05, 0) is 56.3 Å². The smallest absolute Gasteiger partial charge is 0.260 e. The summed E-state index contributed by atoms with van der Waals surface area (Å²) < 4.78 is 27.4. The van der Waals surface area contributed by atoms with Gasteiger partial charge in [0.15, 0.2) is 0 Å². The van der Waals surface area contributed by atoms with Gasteiger partial charge in [-0.25, -0.2) is 13.8 Å². The maximum atomic E-state index is 12.5. The Labute approximate surface area is 217 Å². The average molecular weight is 562 g/mol. The first-order valence-electron chi connectivity index (χ1n) is 9.77. The molecule has 0 radical (unpaired) electrons. The van der Waals surface area contributed by atoms with Crippen molar-refractivity contribution in [3.8, 4) is 5.69 Å². The van der Waals surface area contributed by atoms with Gasteiger partial charge in [0.25, 0.3) is 5.91 Å². The Morgan fingerprint density at radius 3 is 2.32 bits per heavy atom. The van der Waals surface area contributed by atoms with Gasteiger partial charge in [0, 0.05) is 27.0 Å². The minimum atomic E-state index is -3.82. The first-order valence-corrected chi connectivity index (χ1v) is 13.1. The van der Waals surface area contributed by atoms with E-state index < -0.39 is 22.5 Å². The van der Waals surface area contributed by atoms with E-state index in [1.54, 1.807) is 12.1 Å². The van der Waals surface area contributed by atoms with Gasteiger partial charge in [0.2, 0.25) is 10.0 Å². The van der Waals surface area contributed by atoms with Crippen molar-refractivity contribution in [2.75, 3.05) is 17.1 Å². The highest BCUT2D eigenvalue weighted by molar-refractivity contribution is 7.92. The number of hydrogen-bond acceptors (Lipinski definition) is 4. The zero-order chi connectivity index (χ0) is 25.2. The maximum Gasteiger partial charge on any atom is 0.260 e. The minimum absolute atomic E-state index is 0.0965. The number of hydrogen-bond donors (Lipinski definition) is 1. The van der Waals surface area contributed by atoms with E-state index >= 15 is 0 Å². The molecule has 0 fully saturated rings. The number of carbonyl (C=O) groups excluding carboxylic acids is 1. The van der Waals surface area contributed by atoms with Gasteiger partial charge in [0.05, 0.1) is 33.9 Å². The Morgan fingerprint density at radius 1 is 1.03 bits per heavy atom. The normalized spacial score (nSPS) is 11.7. The predicted molar refractivity (Wildman–Crippen MR) is 140 cm³/mol. The van der Waals surface area contributed by atoms with Gasteiger partial charge >= 0.3 is 0 Å². The van der Waals surface area contributed by atoms with E-state index in [0.717, 1.165) is 33.2 Å². The molecule has 180 valence electrons. The molecular formula is C22H20Cl4N4O3S. The Kier molecular flexibility index (Phi) is 8.21. The van der Waals surface area contributed by atoms with E-state index in [4.69, 9.17) is 46.4 Å². The quantitative estimate of drug-likeness (QED) is 0.300. The summed E-state index contributed by atoms with van der Waals surface area (Å²) in [6, 6.07) is 11.4. The van der Waals surface area contributed by atoms with Gasteiger partial charge in [0.1, 0.15) is 6.54 Å². The van der Waals surface area contributed by atoms with Crippen LogP contribution in [0.4, 0.5) is 5.69 Å². The fourth-order valence-electron chi connectivity index (χ4n) is 3.35. The summed E-state index contributed by atoms with van der Waals surface area (Å²) in [6.07, 6.45) is 2.44. The fourth-order valence-corrected chi connectivity index (χ4v) is 5.14. The summed E-state index contributed by atoms with van der Waals surface area (Å²) in [4.78, 5) is 12.5. The minimum Gasteiger partial charge on any atom is -0.316 e. The molecule has 0 atom stereocenters. The van der Waals surface area contributed by atoms with Crippen molar-refractivity contribution in [3.05, 3.63) is 79.5 Å². The Morgan fingerprint density at radius 2 is 1.68 bits per heavy atom. The second-order valence-corrected chi connectivity index (χ2v) is 11.0. The van der Waals surface area contributed by atoms with Crippen LogP contribution in [-0.4, -0.2) is 37.9 Å². The van der Waals surface area contributed by atoms with Gasteiger partial charge < -0.3 is 4.57 Å². The number of sulfonamides is 1. The molecule has 0 saturated heterocycles. The van der Waals surface area contributed by atoms with Crippen LogP contribution in [0, 0.1) is 13.8 Å². The third-order valence-corrected chi connectivity index (χ3v) is 7.10. The molecule has 0 bridgehead atoms. The molecule has 3 rings (SSSR count). The number of nitrogens with one attached hydrogen (secondary N) is 1. The SMILES string of the molecule is Cc1cc(/C=N\NC(=O)CN(c2cc(Cl)ccc2Cl)S(C)(=O)=O)c(C)n1-c1ccc(Cl)cc1Cl. The number of nitrogens with zero attached hydrogens (tertiary/aromatic N) is 3. The summed E-state index contributed by atoms with van der Waals surface area (Å²) in [5.41, 5.74) is 5.67. The number of aryl methyl sites for hydroxylation is 1. The molecule has 1 amide bonds. The van der Waals surface area contributed by atoms with Crippen LogP contribution in [0.5, 0.6) is 0 Å². The summed E-state index contributed by atoms with van der Waals surface area (Å²) >= 11 is 24.4. The molecule has 0 unspecified atom stereocenters.